The molecule has 1 saturated carbocycles. The highest BCUT2D eigenvalue weighted by Gasteiger charge is 2.32. The summed E-state index contributed by atoms with van der Waals surface area (Å²) in [5.41, 5.74) is 0. The van der Waals surface area contributed by atoms with Crippen LogP contribution in [0.15, 0.2) is 12.2 Å². The second-order valence-electron chi connectivity index (χ2n) is 3.21. The van der Waals surface area contributed by atoms with Crippen LogP contribution in [0.25, 0.3) is 0 Å². The van der Waals surface area contributed by atoms with E-state index in [1.807, 2.05) is 0 Å². The van der Waals surface area contributed by atoms with Crippen LogP contribution in [0.1, 0.15) is 19.3 Å². The van der Waals surface area contributed by atoms with E-state index in [4.69, 9.17) is 0 Å². The van der Waals surface area contributed by atoms with Crippen molar-refractivity contribution in [2.75, 3.05) is 0 Å². The van der Waals surface area contributed by atoms with Crippen molar-refractivity contribution in [2.24, 2.45) is 11.8 Å². The fourth-order valence-corrected chi connectivity index (χ4v) is 2.06. The van der Waals surface area contributed by atoms with E-state index in [1.54, 1.807) is 0 Å². The molecule has 0 aliphatic heterocycles. The first-order valence-electron chi connectivity index (χ1n) is 3.71. The second-order valence-corrected chi connectivity index (χ2v) is 3.21. The van der Waals surface area contributed by atoms with Gasteiger partial charge in [0.25, 0.3) is 0 Å². The van der Waals surface area contributed by atoms with Gasteiger partial charge in [-0.3, -0.25) is 0 Å². The second kappa shape index (κ2) is 1.84. The summed E-state index contributed by atoms with van der Waals surface area (Å²) in [5, 5.41) is 9.20. The van der Waals surface area contributed by atoms with Crippen molar-refractivity contribution in [3.8, 4) is 0 Å². The fourth-order valence-electron chi connectivity index (χ4n) is 2.06. The molecule has 1 N–H and O–H groups in total. The maximum absolute atomic E-state index is 9.20. The van der Waals surface area contributed by atoms with E-state index < -0.39 is 0 Å². The van der Waals surface area contributed by atoms with E-state index in [1.165, 1.54) is 6.42 Å². The lowest BCUT2D eigenvalue weighted by atomic mass is 10.0. The molecular formula is C8H12O. The molecule has 9 heavy (non-hydrogen) atoms. The Balaban J connectivity index is 2.08. The lowest BCUT2D eigenvalue weighted by Gasteiger charge is -2.04. The monoisotopic (exact) mass is 124 g/mol. The van der Waals surface area contributed by atoms with Gasteiger partial charge in [0.05, 0.1) is 6.10 Å². The number of hydrogen-bond acceptors (Lipinski definition) is 1. The van der Waals surface area contributed by atoms with Crippen molar-refractivity contribution in [2.45, 2.75) is 25.4 Å². The maximum atomic E-state index is 9.20. The van der Waals surface area contributed by atoms with Gasteiger partial charge in [0.2, 0.25) is 0 Å². The third-order valence-electron chi connectivity index (χ3n) is 2.55. The third kappa shape index (κ3) is 0.799. The van der Waals surface area contributed by atoms with Gasteiger partial charge in [-0.2, -0.15) is 0 Å². The summed E-state index contributed by atoms with van der Waals surface area (Å²) in [6.45, 7) is 0. The average molecular weight is 124 g/mol. The number of fused-ring (bicyclic) bond motifs is 1. The Bertz CT molecular complexity index is 140. The quantitative estimate of drug-likeness (QED) is 0.483. The molecule has 0 amide bonds. The van der Waals surface area contributed by atoms with Crippen LogP contribution >= 0.6 is 0 Å². The minimum absolute atomic E-state index is 0.00458. The van der Waals surface area contributed by atoms with Gasteiger partial charge in [0, 0.05) is 0 Å². The van der Waals surface area contributed by atoms with Crippen LogP contribution in [-0.4, -0.2) is 11.2 Å². The smallest absolute Gasteiger partial charge is 0.0549 e. The Morgan fingerprint density at radius 2 is 2.22 bits per heavy atom. The predicted octanol–water partition coefficient (Wildman–Crippen LogP) is 1.33. The maximum Gasteiger partial charge on any atom is 0.0549 e. The number of allylic oxidation sites excluding steroid dienone is 2. The summed E-state index contributed by atoms with van der Waals surface area (Å²) in [4.78, 5) is 0. The molecule has 50 valence electrons. The van der Waals surface area contributed by atoms with E-state index >= 15 is 0 Å². The highest BCUT2D eigenvalue weighted by Crippen LogP contribution is 2.39. The van der Waals surface area contributed by atoms with Gasteiger partial charge in [-0.1, -0.05) is 12.2 Å². The zero-order valence-corrected chi connectivity index (χ0v) is 5.46. The van der Waals surface area contributed by atoms with Gasteiger partial charge < -0.3 is 5.11 Å². The predicted molar refractivity (Wildman–Crippen MR) is 36.0 cm³/mol. The number of aliphatic hydroxyl groups is 1. The Morgan fingerprint density at radius 3 is 3.00 bits per heavy atom. The van der Waals surface area contributed by atoms with Gasteiger partial charge in [0.1, 0.15) is 0 Å². The molecule has 0 bridgehead atoms. The average Bonchev–Trinajstić information content (AvgIpc) is 2.22. The van der Waals surface area contributed by atoms with Crippen molar-refractivity contribution in [1.82, 2.24) is 0 Å². The van der Waals surface area contributed by atoms with E-state index in [0.717, 1.165) is 24.7 Å². The molecule has 0 aromatic carbocycles. The van der Waals surface area contributed by atoms with E-state index in [-0.39, 0.29) is 6.10 Å². The van der Waals surface area contributed by atoms with Crippen LogP contribution < -0.4 is 0 Å². The standard InChI is InChI=1S/C8H12O/c9-8-4-6-2-1-3-7(6)5-8/h1-2,6-9H,3-5H2/t6-,7+,8+/m0/s1. The molecule has 0 unspecified atom stereocenters. The number of rotatable bonds is 0. The van der Waals surface area contributed by atoms with E-state index in [9.17, 15) is 5.11 Å². The van der Waals surface area contributed by atoms with Crippen LogP contribution in [0.3, 0.4) is 0 Å². The minimum Gasteiger partial charge on any atom is -0.393 e. The zero-order chi connectivity index (χ0) is 6.27. The highest BCUT2D eigenvalue weighted by molar-refractivity contribution is 5.05. The Hall–Kier alpha value is -0.300. The van der Waals surface area contributed by atoms with E-state index in [2.05, 4.69) is 12.2 Å². The van der Waals surface area contributed by atoms with Gasteiger partial charge in [0.15, 0.2) is 0 Å². The first kappa shape index (κ1) is 5.48. The van der Waals surface area contributed by atoms with Gasteiger partial charge in [-0.05, 0) is 31.1 Å². The lowest BCUT2D eigenvalue weighted by Crippen LogP contribution is -1.98. The first-order chi connectivity index (χ1) is 4.36. The van der Waals surface area contributed by atoms with Gasteiger partial charge in [-0.25, -0.2) is 0 Å². The Morgan fingerprint density at radius 1 is 1.33 bits per heavy atom. The first-order valence-corrected chi connectivity index (χ1v) is 3.71. The third-order valence-corrected chi connectivity index (χ3v) is 2.55. The summed E-state index contributed by atoms with van der Waals surface area (Å²) in [5.74, 6) is 1.51. The number of hydrogen-bond donors (Lipinski definition) is 1. The van der Waals surface area contributed by atoms with Crippen molar-refractivity contribution < 1.29 is 5.11 Å². The van der Waals surface area contributed by atoms with Crippen LogP contribution in [0.5, 0.6) is 0 Å². The zero-order valence-electron chi connectivity index (χ0n) is 5.46. The summed E-state index contributed by atoms with van der Waals surface area (Å²) >= 11 is 0. The van der Waals surface area contributed by atoms with E-state index in [0.29, 0.717) is 0 Å². The molecule has 3 atom stereocenters. The summed E-state index contributed by atoms with van der Waals surface area (Å²) in [6.07, 6.45) is 7.78. The molecule has 0 aromatic rings. The molecule has 2 aliphatic carbocycles. The minimum atomic E-state index is 0.00458. The molecule has 0 radical (unpaired) electrons. The van der Waals surface area contributed by atoms with Crippen molar-refractivity contribution in [1.29, 1.82) is 0 Å². The Labute approximate surface area is 55.4 Å². The molecule has 1 nitrogen and oxygen atoms in total. The van der Waals surface area contributed by atoms with Crippen molar-refractivity contribution >= 4 is 0 Å². The molecule has 0 spiro atoms. The highest BCUT2D eigenvalue weighted by atomic mass is 16.3. The van der Waals surface area contributed by atoms with Crippen molar-refractivity contribution in [3.63, 3.8) is 0 Å². The van der Waals surface area contributed by atoms with Crippen LogP contribution in [0, 0.1) is 11.8 Å². The fraction of sp³-hybridized carbons (Fsp3) is 0.750. The molecule has 2 aliphatic rings. The largest absolute Gasteiger partial charge is 0.393 e. The molecule has 0 aromatic heterocycles. The molecule has 1 fully saturated rings. The normalized spacial score (nSPS) is 47.9. The topological polar surface area (TPSA) is 20.2 Å². The summed E-state index contributed by atoms with van der Waals surface area (Å²) < 4.78 is 0. The van der Waals surface area contributed by atoms with Crippen LogP contribution in [-0.2, 0) is 0 Å². The molecule has 1 heteroatoms. The molecule has 2 rings (SSSR count). The lowest BCUT2D eigenvalue weighted by molar-refractivity contribution is 0.176. The SMILES string of the molecule is O[C@H]1C[C@H]2CC=C[C@H]2C1. The van der Waals surface area contributed by atoms with Gasteiger partial charge >= 0.3 is 0 Å². The Kier molecular flexibility index (Phi) is 1.12. The molecule has 0 heterocycles. The molecular weight excluding hydrogens is 112 g/mol. The van der Waals surface area contributed by atoms with Crippen molar-refractivity contribution in [3.05, 3.63) is 12.2 Å². The summed E-state index contributed by atoms with van der Waals surface area (Å²) in [7, 11) is 0. The van der Waals surface area contributed by atoms with Gasteiger partial charge in [-0.15, -0.1) is 0 Å². The van der Waals surface area contributed by atoms with Crippen LogP contribution in [0.4, 0.5) is 0 Å². The van der Waals surface area contributed by atoms with Crippen LogP contribution in [0.2, 0.25) is 0 Å². The number of aliphatic hydroxyl groups excluding tert-OH is 1. The molecule has 0 saturated heterocycles. The summed E-state index contributed by atoms with van der Waals surface area (Å²) in [6, 6.07) is 0.